The summed E-state index contributed by atoms with van der Waals surface area (Å²) in [7, 11) is 0.531. The van der Waals surface area contributed by atoms with Gasteiger partial charge in [0.2, 0.25) is 0 Å². The van der Waals surface area contributed by atoms with Gasteiger partial charge in [0, 0.05) is 12.5 Å². The normalized spacial score (nSPS) is 15.9. The summed E-state index contributed by atoms with van der Waals surface area (Å²) >= 11 is 0. The molecule has 2 rings (SSSR count). The van der Waals surface area contributed by atoms with E-state index in [0.29, 0.717) is 5.46 Å². The van der Waals surface area contributed by atoms with Gasteiger partial charge in [0.15, 0.2) is 0 Å². The van der Waals surface area contributed by atoms with Crippen molar-refractivity contribution in [2.75, 3.05) is 7.05 Å². The first kappa shape index (κ1) is 12.2. The fraction of sp³-hybridized carbons (Fsp3) is 0.0909. The van der Waals surface area contributed by atoms with Crippen LogP contribution in [-0.4, -0.2) is 29.3 Å². The molecule has 18 heavy (non-hydrogen) atoms. The van der Waals surface area contributed by atoms with Crippen molar-refractivity contribution in [1.82, 2.24) is 4.90 Å². The van der Waals surface area contributed by atoms with Gasteiger partial charge in [-0.1, -0.05) is 12.1 Å². The summed E-state index contributed by atoms with van der Waals surface area (Å²) < 4.78 is 23.0. The van der Waals surface area contributed by atoms with E-state index in [2.05, 4.69) is 0 Å². The van der Waals surface area contributed by atoms with E-state index in [9.17, 15) is 14.6 Å². The molecule has 1 heterocycles. The van der Waals surface area contributed by atoms with Crippen LogP contribution < -0.4 is 5.46 Å². The molecule has 0 spiro atoms. The molecule has 0 saturated carbocycles. The zero-order valence-corrected chi connectivity index (χ0v) is 9.58. The van der Waals surface area contributed by atoms with E-state index in [0.717, 1.165) is 0 Å². The first-order valence-corrected chi connectivity index (χ1v) is 5.17. The van der Waals surface area contributed by atoms with E-state index in [1.165, 1.54) is 41.6 Å². The zero-order valence-electron chi connectivity index (χ0n) is 9.58. The van der Waals surface area contributed by atoms with Gasteiger partial charge in [0.05, 0.1) is 12.4 Å². The standard InChI is InChI=1S/C11H11BFNO4/c1-14-6-10(15)17-12(18-11(16)7-14)8-2-4-9(13)5-3-8/h2-7,15-16H,1H3. The van der Waals surface area contributed by atoms with Crippen LogP contribution in [0, 0.1) is 5.82 Å². The van der Waals surface area contributed by atoms with Crippen molar-refractivity contribution in [1.29, 1.82) is 0 Å². The Morgan fingerprint density at radius 2 is 1.56 bits per heavy atom. The molecule has 0 amide bonds. The lowest BCUT2D eigenvalue weighted by atomic mass is 9.79. The highest BCUT2D eigenvalue weighted by atomic mass is 19.1. The number of halogens is 1. The Bertz CT molecular complexity index is 466. The first-order chi connectivity index (χ1) is 8.54. The Morgan fingerprint density at radius 1 is 1.06 bits per heavy atom. The fourth-order valence-corrected chi connectivity index (χ4v) is 1.45. The summed E-state index contributed by atoms with van der Waals surface area (Å²) in [5.41, 5.74) is 0.459. The van der Waals surface area contributed by atoms with Crippen molar-refractivity contribution in [2.45, 2.75) is 0 Å². The third kappa shape index (κ3) is 2.88. The zero-order chi connectivity index (χ0) is 13.1. The summed E-state index contributed by atoms with van der Waals surface area (Å²) in [6.07, 6.45) is 2.52. The molecule has 7 heteroatoms. The van der Waals surface area contributed by atoms with Crippen molar-refractivity contribution in [3.8, 4) is 0 Å². The predicted molar refractivity (Wildman–Crippen MR) is 63.1 cm³/mol. The third-order valence-electron chi connectivity index (χ3n) is 2.23. The molecule has 0 fully saturated rings. The second kappa shape index (κ2) is 4.91. The van der Waals surface area contributed by atoms with Crippen LogP contribution in [0.3, 0.4) is 0 Å². The van der Waals surface area contributed by atoms with Crippen LogP contribution in [0.1, 0.15) is 0 Å². The van der Waals surface area contributed by atoms with Gasteiger partial charge in [0.25, 0.3) is 11.9 Å². The number of hydrogen-bond acceptors (Lipinski definition) is 5. The van der Waals surface area contributed by atoms with Crippen molar-refractivity contribution < 1.29 is 23.9 Å². The van der Waals surface area contributed by atoms with Gasteiger partial charge in [-0.25, -0.2) is 4.39 Å². The Labute approximate surface area is 104 Å². The quantitative estimate of drug-likeness (QED) is 0.734. The molecular formula is C11H11BFNO4. The number of hydrogen-bond donors (Lipinski definition) is 2. The molecule has 1 aliphatic heterocycles. The van der Waals surface area contributed by atoms with Crippen LogP contribution in [0.15, 0.2) is 48.6 Å². The molecule has 0 atom stereocenters. The molecule has 0 aromatic heterocycles. The number of benzene rings is 1. The summed E-state index contributed by atoms with van der Waals surface area (Å²) in [6.45, 7) is 0. The van der Waals surface area contributed by atoms with Gasteiger partial charge in [-0.3, -0.25) is 0 Å². The van der Waals surface area contributed by atoms with Gasteiger partial charge in [-0.05, 0) is 12.1 Å². The van der Waals surface area contributed by atoms with Crippen molar-refractivity contribution in [3.05, 3.63) is 54.4 Å². The van der Waals surface area contributed by atoms with Crippen molar-refractivity contribution in [3.63, 3.8) is 0 Å². The molecule has 1 aliphatic rings. The first-order valence-electron chi connectivity index (χ1n) is 5.17. The monoisotopic (exact) mass is 251 g/mol. The topological polar surface area (TPSA) is 62.2 Å². The molecular weight excluding hydrogens is 240 g/mol. The van der Waals surface area contributed by atoms with Gasteiger partial charge >= 0.3 is 7.12 Å². The maximum atomic E-state index is 12.8. The van der Waals surface area contributed by atoms with Crippen LogP contribution in [0.2, 0.25) is 0 Å². The Balaban J connectivity index is 2.26. The lowest BCUT2D eigenvalue weighted by Gasteiger charge is -2.20. The largest absolute Gasteiger partial charge is 0.636 e. The predicted octanol–water partition coefficient (Wildman–Crippen LogP) is 1.21. The van der Waals surface area contributed by atoms with E-state index in [4.69, 9.17) is 9.31 Å². The molecule has 94 valence electrons. The molecule has 0 unspecified atom stereocenters. The average Bonchev–Trinajstić information content (AvgIpc) is 2.26. The van der Waals surface area contributed by atoms with Gasteiger partial charge in [0.1, 0.15) is 5.82 Å². The summed E-state index contributed by atoms with van der Waals surface area (Å²) in [5.74, 6) is -1.16. The van der Waals surface area contributed by atoms with E-state index in [-0.39, 0.29) is 11.9 Å². The van der Waals surface area contributed by atoms with Crippen LogP contribution in [0.5, 0.6) is 0 Å². The third-order valence-corrected chi connectivity index (χ3v) is 2.23. The second-order valence-electron chi connectivity index (χ2n) is 3.72. The summed E-state index contributed by atoms with van der Waals surface area (Å²) in [6, 6.07) is 5.33. The van der Waals surface area contributed by atoms with Gasteiger partial charge < -0.3 is 24.4 Å². The molecule has 2 N–H and O–H groups in total. The molecule has 5 nitrogen and oxygen atoms in total. The number of rotatable bonds is 1. The van der Waals surface area contributed by atoms with Gasteiger partial charge in [-0.2, -0.15) is 0 Å². The Kier molecular flexibility index (Phi) is 3.32. The van der Waals surface area contributed by atoms with Crippen LogP contribution >= 0.6 is 0 Å². The van der Waals surface area contributed by atoms with Crippen molar-refractivity contribution >= 4 is 12.6 Å². The van der Waals surface area contributed by atoms with Crippen LogP contribution in [-0.2, 0) is 9.31 Å². The highest BCUT2D eigenvalue weighted by Crippen LogP contribution is 2.09. The highest BCUT2D eigenvalue weighted by Gasteiger charge is 2.29. The molecule has 0 radical (unpaired) electrons. The maximum absolute atomic E-state index is 12.8. The van der Waals surface area contributed by atoms with Crippen LogP contribution in [0.4, 0.5) is 4.39 Å². The number of nitrogens with zero attached hydrogens (tertiary/aromatic N) is 1. The minimum Gasteiger partial charge on any atom is -0.494 e. The average molecular weight is 251 g/mol. The summed E-state index contributed by atoms with van der Waals surface area (Å²) in [4.78, 5) is 1.37. The Morgan fingerprint density at radius 3 is 2.06 bits per heavy atom. The van der Waals surface area contributed by atoms with E-state index >= 15 is 0 Å². The van der Waals surface area contributed by atoms with Gasteiger partial charge in [-0.15, -0.1) is 0 Å². The molecule has 1 aromatic rings. The van der Waals surface area contributed by atoms with Crippen LogP contribution in [0.25, 0.3) is 0 Å². The van der Waals surface area contributed by atoms with E-state index < -0.39 is 12.9 Å². The smallest absolute Gasteiger partial charge is 0.494 e. The Hall–Kier alpha value is -2.31. The van der Waals surface area contributed by atoms with E-state index in [1.54, 1.807) is 7.05 Å². The second-order valence-corrected chi connectivity index (χ2v) is 3.72. The summed E-state index contributed by atoms with van der Waals surface area (Å²) in [5, 5.41) is 19.0. The number of aliphatic hydroxyl groups is 2. The van der Waals surface area contributed by atoms with Crippen molar-refractivity contribution in [2.24, 2.45) is 0 Å². The molecule has 0 bridgehead atoms. The lowest BCUT2D eigenvalue weighted by molar-refractivity contribution is 0.124. The minimum absolute atomic E-state index is 0.379. The minimum atomic E-state index is -1.05. The molecule has 0 aliphatic carbocycles. The maximum Gasteiger partial charge on any atom is 0.636 e. The highest BCUT2D eigenvalue weighted by molar-refractivity contribution is 6.61. The number of aliphatic hydroxyl groups excluding tert-OH is 2. The SMILES string of the molecule is CN1C=C(O)OB(c2ccc(F)cc2)OC(O)=C1. The van der Waals surface area contributed by atoms with E-state index in [1.807, 2.05) is 0 Å². The molecule has 1 aromatic carbocycles. The lowest BCUT2D eigenvalue weighted by Crippen LogP contribution is -2.37. The molecule has 0 saturated heterocycles. The fourth-order valence-electron chi connectivity index (χ4n) is 1.45.